The highest BCUT2D eigenvalue weighted by Gasteiger charge is 2.28. The van der Waals surface area contributed by atoms with Crippen molar-refractivity contribution in [3.8, 4) is 0 Å². The number of carbonyl (C=O) groups excluding carboxylic acids is 2. The summed E-state index contributed by atoms with van der Waals surface area (Å²) in [5, 5.41) is 5.88. The van der Waals surface area contributed by atoms with Crippen molar-refractivity contribution in [2.45, 2.75) is 19.3 Å². The van der Waals surface area contributed by atoms with Crippen LogP contribution >= 0.6 is 0 Å². The Hall–Kier alpha value is -2.08. The van der Waals surface area contributed by atoms with Gasteiger partial charge in [-0.2, -0.15) is 0 Å². The van der Waals surface area contributed by atoms with Gasteiger partial charge in [0.05, 0.1) is 5.92 Å². The van der Waals surface area contributed by atoms with Gasteiger partial charge in [0.2, 0.25) is 5.91 Å². The first-order chi connectivity index (χ1) is 11.6. The summed E-state index contributed by atoms with van der Waals surface area (Å²) in [7, 11) is 4.04. The molecule has 0 spiro atoms. The van der Waals surface area contributed by atoms with E-state index in [0.717, 1.165) is 31.5 Å². The van der Waals surface area contributed by atoms with E-state index in [4.69, 9.17) is 0 Å². The molecule has 2 rings (SSSR count). The molecule has 1 atom stereocenters. The van der Waals surface area contributed by atoms with Gasteiger partial charge in [0, 0.05) is 25.3 Å². The van der Waals surface area contributed by atoms with Crippen molar-refractivity contribution in [3.05, 3.63) is 30.3 Å². The van der Waals surface area contributed by atoms with E-state index in [9.17, 15) is 9.59 Å². The molecule has 2 N–H and O–H groups in total. The number of piperidine rings is 1. The molecule has 0 bridgehead atoms. The van der Waals surface area contributed by atoms with Gasteiger partial charge in [-0.25, -0.2) is 4.79 Å². The van der Waals surface area contributed by atoms with Gasteiger partial charge in [-0.05, 0) is 52.0 Å². The normalized spacial score (nSPS) is 17.6. The largest absolute Gasteiger partial charge is 0.356 e. The van der Waals surface area contributed by atoms with Crippen molar-refractivity contribution in [3.63, 3.8) is 0 Å². The van der Waals surface area contributed by atoms with Crippen molar-refractivity contribution >= 4 is 17.6 Å². The number of nitrogens with one attached hydrogen (secondary N) is 2. The van der Waals surface area contributed by atoms with Crippen molar-refractivity contribution < 1.29 is 9.59 Å². The maximum atomic E-state index is 12.3. The molecule has 0 aliphatic carbocycles. The Bertz CT molecular complexity index is 533. The molecule has 1 aliphatic heterocycles. The average molecular weight is 332 g/mol. The maximum absolute atomic E-state index is 12.3. The fraction of sp³-hybridized carbons (Fsp3) is 0.556. The molecule has 1 aromatic rings. The lowest BCUT2D eigenvalue weighted by molar-refractivity contribution is -0.126. The fourth-order valence-corrected chi connectivity index (χ4v) is 2.85. The van der Waals surface area contributed by atoms with E-state index in [1.807, 2.05) is 44.4 Å². The smallest absolute Gasteiger partial charge is 0.321 e. The third kappa shape index (κ3) is 5.85. The van der Waals surface area contributed by atoms with Gasteiger partial charge in [-0.3, -0.25) is 4.79 Å². The molecule has 6 nitrogen and oxygen atoms in total. The third-order valence-electron chi connectivity index (χ3n) is 4.19. The Kier molecular flexibility index (Phi) is 7.06. The van der Waals surface area contributed by atoms with Gasteiger partial charge in [0.25, 0.3) is 0 Å². The van der Waals surface area contributed by atoms with E-state index in [2.05, 4.69) is 15.5 Å². The lowest BCUT2D eigenvalue weighted by atomic mass is 9.97. The van der Waals surface area contributed by atoms with E-state index < -0.39 is 0 Å². The molecule has 3 amide bonds. The van der Waals surface area contributed by atoms with Gasteiger partial charge < -0.3 is 20.4 Å². The van der Waals surface area contributed by atoms with Crippen molar-refractivity contribution in [2.75, 3.05) is 45.6 Å². The number of benzene rings is 1. The highest BCUT2D eigenvalue weighted by Crippen LogP contribution is 2.18. The second-order valence-corrected chi connectivity index (χ2v) is 6.53. The number of rotatable bonds is 6. The van der Waals surface area contributed by atoms with Gasteiger partial charge in [0.1, 0.15) is 0 Å². The number of nitrogens with zero attached hydrogens (tertiary/aromatic N) is 2. The minimum Gasteiger partial charge on any atom is -0.356 e. The van der Waals surface area contributed by atoms with Crippen LogP contribution in [0.1, 0.15) is 19.3 Å². The molecule has 1 saturated heterocycles. The molecule has 1 aromatic carbocycles. The van der Waals surface area contributed by atoms with E-state index in [0.29, 0.717) is 19.6 Å². The number of likely N-dealkylation sites (tertiary alicyclic amines) is 1. The second kappa shape index (κ2) is 9.27. The van der Waals surface area contributed by atoms with Crippen LogP contribution in [-0.2, 0) is 4.79 Å². The summed E-state index contributed by atoms with van der Waals surface area (Å²) in [6.07, 6.45) is 2.64. The summed E-state index contributed by atoms with van der Waals surface area (Å²) >= 11 is 0. The molecule has 0 saturated carbocycles. The van der Waals surface area contributed by atoms with Crippen LogP contribution in [0.4, 0.5) is 10.5 Å². The fourth-order valence-electron chi connectivity index (χ4n) is 2.85. The van der Waals surface area contributed by atoms with Crippen molar-refractivity contribution in [1.29, 1.82) is 0 Å². The van der Waals surface area contributed by atoms with Crippen molar-refractivity contribution in [1.82, 2.24) is 15.1 Å². The lowest BCUT2D eigenvalue weighted by Crippen LogP contribution is -2.47. The van der Waals surface area contributed by atoms with Crippen molar-refractivity contribution in [2.24, 2.45) is 5.92 Å². The Morgan fingerprint density at radius 3 is 2.71 bits per heavy atom. The number of amides is 3. The van der Waals surface area contributed by atoms with Crippen LogP contribution in [0.2, 0.25) is 0 Å². The lowest BCUT2D eigenvalue weighted by Gasteiger charge is -2.32. The summed E-state index contributed by atoms with van der Waals surface area (Å²) in [6, 6.07) is 9.26. The molecule has 6 heteroatoms. The summed E-state index contributed by atoms with van der Waals surface area (Å²) in [4.78, 5) is 28.5. The molecule has 1 heterocycles. The van der Waals surface area contributed by atoms with Crippen LogP contribution in [0.3, 0.4) is 0 Å². The van der Waals surface area contributed by atoms with E-state index in [1.54, 1.807) is 4.90 Å². The Morgan fingerprint density at radius 1 is 1.25 bits per heavy atom. The minimum absolute atomic E-state index is 0.0611. The Balaban J connectivity index is 1.78. The Morgan fingerprint density at radius 2 is 2.00 bits per heavy atom. The van der Waals surface area contributed by atoms with E-state index in [-0.39, 0.29) is 17.9 Å². The first-order valence-electron chi connectivity index (χ1n) is 8.59. The molecular formula is C18H28N4O2. The summed E-state index contributed by atoms with van der Waals surface area (Å²) < 4.78 is 0. The zero-order chi connectivity index (χ0) is 17.4. The molecule has 1 aliphatic rings. The monoisotopic (exact) mass is 332 g/mol. The number of carbonyl (C=O) groups is 2. The summed E-state index contributed by atoms with van der Waals surface area (Å²) in [6.45, 7) is 2.82. The quantitative estimate of drug-likeness (QED) is 0.783. The van der Waals surface area contributed by atoms with Crippen LogP contribution in [0, 0.1) is 5.92 Å². The zero-order valence-electron chi connectivity index (χ0n) is 14.6. The number of urea groups is 1. The maximum Gasteiger partial charge on any atom is 0.321 e. The molecule has 1 unspecified atom stereocenters. The number of anilines is 1. The predicted molar refractivity (Wildman–Crippen MR) is 95.9 cm³/mol. The minimum atomic E-state index is -0.133. The standard InChI is InChI=1S/C18H28N4O2/c1-21(2)12-7-11-19-17(23)15-8-6-13-22(14-15)18(24)20-16-9-4-3-5-10-16/h3-5,9-10,15H,6-8,11-14H2,1-2H3,(H,19,23)(H,20,24). The molecule has 1 fully saturated rings. The zero-order valence-corrected chi connectivity index (χ0v) is 14.6. The molecule has 0 radical (unpaired) electrons. The summed E-state index contributed by atoms with van der Waals surface area (Å²) in [5.74, 6) is -0.0504. The van der Waals surface area contributed by atoms with Gasteiger partial charge >= 0.3 is 6.03 Å². The average Bonchev–Trinajstić information content (AvgIpc) is 2.59. The molecule has 24 heavy (non-hydrogen) atoms. The number of para-hydroxylation sites is 1. The molecular weight excluding hydrogens is 304 g/mol. The van der Waals surface area contributed by atoms with Crippen LogP contribution in [0.15, 0.2) is 30.3 Å². The topological polar surface area (TPSA) is 64.7 Å². The van der Waals surface area contributed by atoms with Gasteiger partial charge in [-0.1, -0.05) is 18.2 Å². The first kappa shape index (κ1) is 18.3. The SMILES string of the molecule is CN(C)CCCNC(=O)C1CCCN(C(=O)Nc2ccccc2)C1. The van der Waals surface area contributed by atoms with Gasteiger partial charge in [0.15, 0.2) is 0 Å². The van der Waals surface area contributed by atoms with E-state index in [1.165, 1.54) is 0 Å². The third-order valence-corrected chi connectivity index (χ3v) is 4.19. The molecule has 132 valence electrons. The number of hydrogen-bond acceptors (Lipinski definition) is 3. The summed E-state index contributed by atoms with van der Waals surface area (Å²) in [5.41, 5.74) is 0.776. The van der Waals surface area contributed by atoms with Crippen LogP contribution < -0.4 is 10.6 Å². The highest BCUT2D eigenvalue weighted by molar-refractivity contribution is 5.90. The van der Waals surface area contributed by atoms with Crippen LogP contribution in [0.25, 0.3) is 0 Å². The molecule has 0 aromatic heterocycles. The second-order valence-electron chi connectivity index (χ2n) is 6.53. The van der Waals surface area contributed by atoms with Crippen LogP contribution in [-0.4, -0.2) is 62.0 Å². The van der Waals surface area contributed by atoms with E-state index >= 15 is 0 Å². The highest BCUT2D eigenvalue weighted by atomic mass is 16.2. The predicted octanol–water partition coefficient (Wildman–Crippen LogP) is 2.00. The van der Waals surface area contributed by atoms with Gasteiger partial charge in [-0.15, -0.1) is 0 Å². The number of hydrogen-bond donors (Lipinski definition) is 2. The first-order valence-corrected chi connectivity index (χ1v) is 8.59. The Labute approximate surface area is 144 Å². The van der Waals surface area contributed by atoms with Crippen LogP contribution in [0.5, 0.6) is 0 Å².